The number of phenols is 1. The van der Waals surface area contributed by atoms with Crippen LogP contribution >= 0.6 is 0 Å². The number of Topliss-reactive ketones (excluding diaryl/α,β-unsaturated/α-hetero) is 1. The molecule has 0 aromatic heterocycles. The Morgan fingerprint density at radius 1 is 1.11 bits per heavy atom. The fourth-order valence-corrected chi connectivity index (χ4v) is 2.57. The number of ether oxygens (including phenoxy) is 1. The van der Waals surface area contributed by atoms with Crippen molar-refractivity contribution in [2.45, 2.75) is 64.5 Å². The van der Waals surface area contributed by atoms with Crippen LogP contribution in [-0.2, 0) is 4.79 Å². The lowest BCUT2D eigenvalue weighted by atomic mass is 10.0. The molecule has 27 heavy (non-hydrogen) atoms. The Hall–Kier alpha value is -2.31. The van der Waals surface area contributed by atoms with Crippen molar-refractivity contribution in [3.8, 4) is 11.5 Å². The van der Waals surface area contributed by atoms with E-state index in [1.807, 2.05) is 6.08 Å². The van der Waals surface area contributed by atoms with Crippen LogP contribution in [0, 0.1) is 6.92 Å². The predicted octanol–water partition coefficient (Wildman–Crippen LogP) is 5.66. The Morgan fingerprint density at radius 3 is 2.30 bits per heavy atom. The zero-order valence-corrected chi connectivity index (χ0v) is 15.4. The van der Waals surface area contributed by atoms with E-state index in [-0.39, 0.29) is 17.7 Å². The second kappa shape index (κ2) is 10.7. The number of carbonyl (C=O) groups excluding carboxylic acids is 2. The number of phenolic OH excluding ortho intramolecular Hbond substituents is 1. The first kappa shape index (κ1) is 22.7. The number of unbranched alkanes of at least 4 members (excludes halogenated alkanes) is 6. The van der Waals surface area contributed by atoms with E-state index in [9.17, 15) is 27.9 Å². The number of hydrogen-bond donors (Lipinski definition) is 1. The van der Waals surface area contributed by atoms with Crippen molar-refractivity contribution in [1.29, 1.82) is 0 Å². The lowest BCUT2D eigenvalue weighted by molar-refractivity contribution is -0.134. The third kappa shape index (κ3) is 7.45. The highest BCUT2D eigenvalue weighted by Gasteiger charge is 2.41. The summed E-state index contributed by atoms with van der Waals surface area (Å²) in [5, 5.41) is 9.84. The average Bonchev–Trinajstić information content (AvgIpc) is 2.60. The minimum Gasteiger partial charge on any atom is -0.507 e. The number of allylic oxidation sites excluding steroid dienone is 1. The van der Waals surface area contributed by atoms with Crippen LogP contribution in [0.5, 0.6) is 11.5 Å². The zero-order valence-electron chi connectivity index (χ0n) is 15.4. The standard InChI is InChI=1S/C20H25F3O4/c1-3-4-5-6-7-8-9-10-11-17(24)27-16-13-12-15(18(25)14(16)2)19(26)20(21,22)23/h3,12-13,25H,1,4-11H2,2H3. The van der Waals surface area contributed by atoms with Gasteiger partial charge in [-0.25, -0.2) is 0 Å². The minimum absolute atomic E-state index is 0.0550. The Labute approximate surface area is 157 Å². The van der Waals surface area contributed by atoms with Crippen molar-refractivity contribution in [2.24, 2.45) is 0 Å². The SMILES string of the molecule is C=CCCCCCCCCC(=O)Oc1ccc(C(=O)C(F)(F)F)c(O)c1C. The number of ketones is 1. The first-order valence-corrected chi connectivity index (χ1v) is 8.94. The van der Waals surface area contributed by atoms with E-state index in [4.69, 9.17) is 4.74 Å². The molecule has 0 atom stereocenters. The molecule has 0 amide bonds. The highest BCUT2D eigenvalue weighted by atomic mass is 19.4. The van der Waals surface area contributed by atoms with Crippen LogP contribution in [0.4, 0.5) is 13.2 Å². The van der Waals surface area contributed by atoms with Gasteiger partial charge in [0.2, 0.25) is 0 Å². The van der Waals surface area contributed by atoms with Gasteiger partial charge < -0.3 is 9.84 Å². The van der Waals surface area contributed by atoms with E-state index >= 15 is 0 Å². The van der Waals surface area contributed by atoms with Crippen molar-refractivity contribution in [3.63, 3.8) is 0 Å². The molecule has 0 saturated heterocycles. The summed E-state index contributed by atoms with van der Waals surface area (Å²) < 4.78 is 42.6. The number of aromatic hydroxyl groups is 1. The number of halogens is 3. The molecule has 0 fully saturated rings. The van der Waals surface area contributed by atoms with Gasteiger partial charge in [-0.1, -0.05) is 31.8 Å². The van der Waals surface area contributed by atoms with Gasteiger partial charge in [0, 0.05) is 12.0 Å². The molecule has 0 aliphatic rings. The summed E-state index contributed by atoms with van der Waals surface area (Å²) >= 11 is 0. The summed E-state index contributed by atoms with van der Waals surface area (Å²) in [5.74, 6) is -3.56. The van der Waals surface area contributed by atoms with Crippen LogP contribution in [-0.4, -0.2) is 23.0 Å². The van der Waals surface area contributed by atoms with Crippen molar-refractivity contribution >= 4 is 11.8 Å². The summed E-state index contributed by atoms with van der Waals surface area (Å²) in [6.45, 7) is 4.95. The molecular weight excluding hydrogens is 361 g/mol. The Morgan fingerprint density at radius 2 is 1.70 bits per heavy atom. The molecule has 150 valence electrons. The first-order chi connectivity index (χ1) is 12.7. The highest BCUT2D eigenvalue weighted by Crippen LogP contribution is 2.34. The van der Waals surface area contributed by atoms with Gasteiger partial charge in [0.05, 0.1) is 5.56 Å². The molecule has 1 aromatic rings. The maximum Gasteiger partial charge on any atom is 0.455 e. The van der Waals surface area contributed by atoms with Crippen molar-refractivity contribution in [3.05, 3.63) is 35.9 Å². The molecule has 0 unspecified atom stereocenters. The highest BCUT2D eigenvalue weighted by molar-refractivity contribution is 6.03. The van der Waals surface area contributed by atoms with E-state index in [0.717, 1.165) is 50.7 Å². The monoisotopic (exact) mass is 386 g/mol. The third-order valence-corrected chi connectivity index (χ3v) is 4.15. The third-order valence-electron chi connectivity index (χ3n) is 4.15. The molecule has 0 spiro atoms. The fraction of sp³-hybridized carbons (Fsp3) is 0.500. The normalized spacial score (nSPS) is 11.3. The van der Waals surface area contributed by atoms with Crippen LogP contribution in [0.15, 0.2) is 24.8 Å². The van der Waals surface area contributed by atoms with Gasteiger partial charge in [0.15, 0.2) is 0 Å². The van der Waals surface area contributed by atoms with Gasteiger partial charge in [-0.15, -0.1) is 6.58 Å². The van der Waals surface area contributed by atoms with E-state index in [1.165, 1.54) is 6.92 Å². The molecule has 0 bridgehead atoms. The van der Waals surface area contributed by atoms with E-state index in [2.05, 4.69) is 6.58 Å². The number of esters is 1. The number of benzene rings is 1. The van der Waals surface area contributed by atoms with Crippen LogP contribution < -0.4 is 4.74 Å². The van der Waals surface area contributed by atoms with Crippen LogP contribution in [0.3, 0.4) is 0 Å². The molecular formula is C20H25F3O4. The van der Waals surface area contributed by atoms with Crippen molar-refractivity contribution in [1.82, 2.24) is 0 Å². The van der Waals surface area contributed by atoms with E-state index in [1.54, 1.807) is 0 Å². The summed E-state index contributed by atoms with van der Waals surface area (Å²) in [4.78, 5) is 23.1. The molecule has 0 aliphatic heterocycles. The molecule has 7 heteroatoms. The number of hydrogen-bond acceptors (Lipinski definition) is 4. The second-order valence-electron chi connectivity index (χ2n) is 6.33. The molecule has 0 saturated carbocycles. The maximum absolute atomic E-state index is 12.5. The van der Waals surface area contributed by atoms with E-state index in [0.29, 0.717) is 6.42 Å². The topological polar surface area (TPSA) is 63.6 Å². The zero-order chi connectivity index (χ0) is 20.4. The lowest BCUT2D eigenvalue weighted by Crippen LogP contribution is -2.23. The summed E-state index contributed by atoms with van der Waals surface area (Å²) in [7, 11) is 0. The average molecular weight is 386 g/mol. The van der Waals surface area contributed by atoms with Crippen molar-refractivity contribution in [2.75, 3.05) is 0 Å². The summed E-state index contributed by atoms with van der Waals surface area (Å²) in [5.41, 5.74) is -0.947. The van der Waals surface area contributed by atoms with Gasteiger partial charge >= 0.3 is 12.1 Å². The molecule has 1 rings (SSSR count). The van der Waals surface area contributed by atoms with Gasteiger partial charge in [-0.05, 0) is 38.3 Å². The fourth-order valence-electron chi connectivity index (χ4n) is 2.57. The molecule has 1 aromatic carbocycles. The molecule has 0 radical (unpaired) electrons. The molecule has 4 nitrogen and oxygen atoms in total. The van der Waals surface area contributed by atoms with Crippen LogP contribution in [0.1, 0.15) is 67.3 Å². The smallest absolute Gasteiger partial charge is 0.455 e. The number of alkyl halides is 3. The minimum atomic E-state index is -5.09. The quantitative estimate of drug-likeness (QED) is 0.175. The van der Waals surface area contributed by atoms with Gasteiger partial charge in [-0.3, -0.25) is 9.59 Å². The van der Waals surface area contributed by atoms with E-state index < -0.39 is 29.2 Å². The Bertz CT molecular complexity index is 666. The second-order valence-corrected chi connectivity index (χ2v) is 6.33. The van der Waals surface area contributed by atoms with Gasteiger partial charge in [0.1, 0.15) is 11.5 Å². The molecule has 0 heterocycles. The Kier molecular flexibility index (Phi) is 9.05. The summed E-state index contributed by atoms with van der Waals surface area (Å²) in [6.07, 6.45) is 3.85. The van der Waals surface area contributed by atoms with Crippen LogP contribution in [0.2, 0.25) is 0 Å². The van der Waals surface area contributed by atoms with Gasteiger partial charge in [-0.2, -0.15) is 13.2 Å². The summed E-state index contributed by atoms with van der Waals surface area (Å²) in [6, 6.07) is 1.90. The number of carbonyl (C=O) groups is 2. The van der Waals surface area contributed by atoms with Crippen LogP contribution in [0.25, 0.3) is 0 Å². The maximum atomic E-state index is 12.5. The largest absolute Gasteiger partial charge is 0.507 e. The first-order valence-electron chi connectivity index (χ1n) is 8.94. The number of rotatable bonds is 11. The molecule has 1 N–H and O–H groups in total. The lowest BCUT2D eigenvalue weighted by Gasteiger charge is -2.12. The molecule has 0 aliphatic carbocycles. The predicted molar refractivity (Wildman–Crippen MR) is 96.0 cm³/mol. The van der Waals surface area contributed by atoms with Crippen molar-refractivity contribution < 1.29 is 32.6 Å². The Balaban J connectivity index is 2.50. The van der Waals surface area contributed by atoms with Gasteiger partial charge in [0.25, 0.3) is 5.78 Å².